The molecule has 0 unspecified atom stereocenters. The van der Waals surface area contributed by atoms with Gasteiger partial charge >= 0.3 is 5.69 Å². The van der Waals surface area contributed by atoms with E-state index in [0.717, 1.165) is 11.3 Å². The Bertz CT molecular complexity index is 831. The van der Waals surface area contributed by atoms with E-state index in [1.54, 1.807) is 0 Å². The lowest BCUT2D eigenvalue weighted by Gasteiger charge is -2.08. The van der Waals surface area contributed by atoms with Crippen molar-refractivity contribution in [3.63, 3.8) is 0 Å². The lowest BCUT2D eigenvalue weighted by atomic mass is 10.2. The second kappa shape index (κ2) is 6.22. The summed E-state index contributed by atoms with van der Waals surface area (Å²) in [6, 6.07) is 11.7. The smallest absolute Gasteiger partial charge is 0.307 e. The van der Waals surface area contributed by atoms with Gasteiger partial charge in [-0.3, -0.25) is 10.1 Å². The molecule has 8 heteroatoms. The molecule has 0 amide bonds. The number of aromatic nitrogens is 4. The summed E-state index contributed by atoms with van der Waals surface area (Å²) in [4.78, 5) is 18.8. The Hall–Kier alpha value is -3.29. The minimum Gasteiger partial charge on any atom is -0.366 e. The first-order valence-electron chi connectivity index (χ1n) is 6.95. The lowest BCUT2D eigenvalue weighted by molar-refractivity contribution is -0.384. The van der Waals surface area contributed by atoms with Crippen LogP contribution in [0.2, 0.25) is 0 Å². The summed E-state index contributed by atoms with van der Waals surface area (Å²) in [7, 11) is 0. The van der Waals surface area contributed by atoms with E-state index in [9.17, 15) is 10.1 Å². The summed E-state index contributed by atoms with van der Waals surface area (Å²) >= 11 is 0. The quantitative estimate of drug-likeness (QED) is 0.574. The average molecular weight is 310 g/mol. The molecule has 0 saturated carbocycles. The number of anilines is 1. The molecule has 0 aliphatic rings. The first-order valence-corrected chi connectivity index (χ1v) is 6.95. The summed E-state index contributed by atoms with van der Waals surface area (Å²) < 4.78 is 1.29. The lowest BCUT2D eigenvalue weighted by Crippen LogP contribution is -2.08. The Balaban J connectivity index is 1.82. The summed E-state index contributed by atoms with van der Waals surface area (Å²) in [5.41, 5.74) is 1.76. The number of hydrogen-bond donors (Lipinski definition) is 1. The zero-order valence-corrected chi connectivity index (χ0v) is 12.4. The maximum Gasteiger partial charge on any atom is 0.307 e. The first-order chi connectivity index (χ1) is 11.1. The van der Waals surface area contributed by atoms with Crippen LogP contribution >= 0.6 is 0 Å². The zero-order chi connectivity index (χ0) is 16.2. The molecular weight excluding hydrogens is 296 g/mol. The Kier molecular flexibility index (Phi) is 3.96. The molecule has 8 nitrogen and oxygen atoms in total. The van der Waals surface area contributed by atoms with Gasteiger partial charge in [-0.25, -0.2) is 4.98 Å². The van der Waals surface area contributed by atoms with Gasteiger partial charge in [0.05, 0.1) is 4.92 Å². The summed E-state index contributed by atoms with van der Waals surface area (Å²) in [6.07, 6.45) is 2.46. The fraction of sp³-hybridized carbons (Fsp3) is 0.133. The van der Waals surface area contributed by atoms with Gasteiger partial charge in [0.1, 0.15) is 18.2 Å². The Morgan fingerprint density at radius 1 is 1.26 bits per heavy atom. The molecule has 0 spiro atoms. The Morgan fingerprint density at radius 2 is 2.04 bits per heavy atom. The molecule has 0 bridgehead atoms. The minimum atomic E-state index is -0.506. The molecule has 0 fully saturated rings. The number of aryl methyl sites for hydroxylation is 1. The van der Waals surface area contributed by atoms with Gasteiger partial charge in [-0.15, -0.1) is 0 Å². The van der Waals surface area contributed by atoms with Crippen molar-refractivity contribution in [3.8, 4) is 5.95 Å². The Labute approximate surface area is 132 Å². The van der Waals surface area contributed by atoms with Gasteiger partial charge in [-0.05, 0) is 12.5 Å². The first kappa shape index (κ1) is 14.6. The number of hydrogen-bond acceptors (Lipinski definition) is 6. The molecule has 1 aromatic carbocycles. The maximum atomic E-state index is 10.7. The standard InChI is InChI=1S/C15H14N6O2/c1-11-7-14(16-8-12-5-3-2-4-6-12)19-15(18-11)20-10-13(9-17-20)21(22)23/h2-7,9-10H,8H2,1H3,(H,16,18,19). The van der Waals surface area contributed by atoms with Gasteiger partial charge in [-0.1, -0.05) is 30.3 Å². The van der Waals surface area contributed by atoms with E-state index in [2.05, 4.69) is 20.4 Å². The maximum absolute atomic E-state index is 10.7. The van der Waals surface area contributed by atoms with Crippen molar-refractivity contribution >= 4 is 11.5 Å². The van der Waals surface area contributed by atoms with Crippen LogP contribution in [-0.4, -0.2) is 24.7 Å². The molecule has 0 radical (unpaired) electrons. The molecule has 3 aromatic rings. The molecule has 3 rings (SSSR count). The largest absolute Gasteiger partial charge is 0.366 e. The third-order valence-electron chi connectivity index (χ3n) is 3.14. The van der Waals surface area contributed by atoms with Crippen LogP contribution in [0.4, 0.5) is 11.5 Å². The van der Waals surface area contributed by atoms with E-state index in [1.807, 2.05) is 43.3 Å². The normalized spacial score (nSPS) is 10.5. The highest BCUT2D eigenvalue weighted by atomic mass is 16.6. The van der Waals surface area contributed by atoms with Gasteiger partial charge in [0.2, 0.25) is 0 Å². The Morgan fingerprint density at radius 3 is 2.74 bits per heavy atom. The fourth-order valence-electron chi connectivity index (χ4n) is 2.05. The molecule has 116 valence electrons. The van der Waals surface area contributed by atoms with Crippen molar-refractivity contribution in [2.75, 3.05) is 5.32 Å². The molecule has 2 heterocycles. The zero-order valence-electron chi connectivity index (χ0n) is 12.4. The predicted octanol–water partition coefficient (Wildman–Crippen LogP) is 2.49. The molecule has 1 N–H and O–H groups in total. The number of benzene rings is 1. The van der Waals surface area contributed by atoms with Crippen molar-refractivity contribution in [2.45, 2.75) is 13.5 Å². The minimum absolute atomic E-state index is 0.103. The fourth-order valence-corrected chi connectivity index (χ4v) is 2.05. The SMILES string of the molecule is Cc1cc(NCc2ccccc2)nc(-n2cc([N+](=O)[O-])cn2)n1. The van der Waals surface area contributed by atoms with Crippen LogP contribution < -0.4 is 5.32 Å². The van der Waals surface area contributed by atoms with Crippen LogP contribution in [-0.2, 0) is 6.54 Å². The van der Waals surface area contributed by atoms with Crippen molar-refractivity contribution in [1.82, 2.24) is 19.7 Å². The topological polar surface area (TPSA) is 98.8 Å². The van der Waals surface area contributed by atoms with E-state index in [0.29, 0.717) is 12.4 Å². The van der Waals surface area contributed by atoms with Crippen LogP contribution in [0, 0.1) is 17.0 Å². The number of nitrogens with one attached hydrogen (secondary N) is 1. The molecule has 2 aromatic heterocycles. The second-order valence-corrected chi connectivity index (χ2v) is 4.93. The third kappa shape index (κ3) is 3.49. The van der Waals surface area contributed by atoms with Crippen LogP contribution in [0.25, 0.3) is 5.95 Å². The highest BCUT2D eigenvalue weighted by Gasteiger charge is 2.12. The molecule has 0 saturated heterocycles. The molecule has 23 heavy (non-hydrogen) atoms. The average Bonchev–Trinajstić information content (AvgIpc) is 3.04. The van der Waals surface area contributed by atoms with E-state index < -0.39 is 4.92 Å². The van der Waals surface area contributed by atoms with Gasteiger partial charge < -0.3 is 5.32 Å². The van der Waals surface area contributed by atoms with Crippen LogP contribution in [0.15, 0.2) is 48.8 Å². The number of nitrogens with zero attached hydrogens (tertiary/aromatic N) is 5. The van der Waals surface area contributed by atoms with Gasteiger partial charge in [-0.2, -0.15) is 14.8 Å². The summed E-state index contributed by atoms with van der Waals surface area (Å²) in [5, 5.41) is 17.9. The molecule has 0 aliphatic heterocycles. The van der Waals surface area contributed by atoms with E-state index in [4.69, 9.17) is 0 Å². The van der Waals surface area contributed by atoms with Crippen molar-refractivity contribution in [3.05, 3.63) is 70.2 Å². The second-order valence-electron chi connectivity index (χ2n) is 4.93. The van der Waals surface area contributed by atoms with Gasteiger partial charge in [0.15, 0.2) is 0 Å². The third-order valence-corrected chi connectivity index (χ3v) is 3.14. The summed E-state index contributed by atoms with van der Waals surface area (Å²) in [5.74, 6) is 0.920. The van der Waals surface area contributed by atoms with E-state index in [1.165, 1.54) is 17.1 Å². The predicted molar refractivity (Wildman–Crippen MR) is 84.3 cm³/mol. The van der Waals surface area contributed by atoms with Crippen molar-refractivity contribution < 1.29 is 4.92 Å². The van der Waals surface area contributed by atoms with Crippen molar-refractivity contribution in [2.24, 2.45) is 0 Å². The van der Waals surface area contributed by atoms with Crippen molar-refractivity contribution in [1.29, 1.82) is 0 Å². The number of rotatable bonds is 5. The highest BCUT2D eigenvalue weighted by Crippen LogP contribution is 2.14. The molecule has 0 aliphatic carbocycles. The number of nitro groups is 1. The van der Waals surface area contributed by atoms with Gasteiger partial charge in [0.25, 0.3) is 5.95 Å². The highest BCUT2D eigenvalue weighted by molar-refractivity contribution is 5.40. The van der Waals surface area contributed by atoms with Crippen LogP contribution in [0.3, 0.4) is 0 Å². The monoisotopic (exact) mass is 310 g/mol. The molecule has 0 atom stereocenters. The van der Waals surface area contributed by atoms with E-state index >= 15 is 0 Å². The summed E-state index contributed by atoms with van der Waals surface area (Å²) in [6.45, 7) is 2.45. The van der Waals surface area contributed by atoms with E-state index in [-0.39, 0.29) is 11.6 Å². The molecular formula is C15H14N6O2. The van der Waals surface area contributed by atoms with Crippen LogP contribution in [0.1, 0.15) is 11.3 Å². The van der Waals surface area contributed by atoms with Crippen LogP contribution in [0.5, 0.6) is 0 Å². The van der Waals surface area contributed by atoms with Gasteiger partial charge in [0, 0.05) is 18.3 Å².